The molecule has 1 aromatic carbocycles. The number of phenolic OH excluding ortho intramolecular Hbond substituents is 1. The maximum absolute atomic E-state index is 9.61. The van der Waals surface area contributed by atoms with E-state index in [1.807, 2.05) is 18.3 Å². The average Bonchev–Trinajstić information content (AvgIpc) is 2.76. The molecular weight excluding hydrogens is 224 g/mol. The molecule has 1 aliphatic carbocycles. The third kappa shape index (κ3) is 2.01. The highest BCUT2D eigenvalue weighted by Gasteiger charge is 2.23. The first-order valence-electron chi connectivity index (χ1n) is 6.58. The molecule has 18 heavy (non-hydrogen) atoms. The lowest BCUT2D eigenvalue weighted by Gasteiger charge is -2.19. The van der Waals surface area contributed by atoms with Crippen LogP contribution in [-0.2, 0) is 0 Å². The molecule has 0 amide bonds. The summed E-state index contributed by atoms with van der Waals surface area (Å²) < 4.78 is 0. The van der Waals surface area contributed by atoms with Gasteiger partial charge in [0.25, 0.3) is 0 Å². The number of benzene rings is 1. The third-order valence-electron chi connectivity index (χ3n) is 3.93. The molecule has 0 radical (unpaired) electrons. The van der Waals surface area contributed by atoms with Crippen molar-refractivity contribution in [2.45, 2.75) is 32.2 Å². The van der Waals surface area contributed by atoms with Gasteiger partial charge < -0.3 is 10.4 Å². The summed E-state index contributed by atoms with van der Waals surface area (Å²) in [5.74, 6) is 1.87. The SMILES string of the molecule is CC1CCCC1Nc1nccc2ccc(O)cc12. The zero-order valence-corrected chi connectivity index (χ0v) is 10.6. The van der Waals surface area contributed by atoms with Gasteiger partial charge in [-0.15, -0.1) is 0 Å². The van der Waals surface area contributed by atoms with Gasteiger partial charge in [0.1, 0.15) is 11.6 Å². The molecule has 1 saturated carbocycles. The number of phenols is 1. The van der Waals surface area contributed by atoms with Gasteiger partial charge >= 0.3 is 0 Å². The summed E-state index contributed by atoms with van der Waals surface area (Å²) in [6.45, 7) is 2.28. The summed E-state index contributed by atoms with van der Waals surface area (Å²) in [6, 6.07) is 7.90. The van der Waals surface area contributed by atoms with Gasteiger partial charge in [-0.2, -0.15) is 0 Å². The molecule has 3 heteroatoms. The van der Waals surface area contributed by atoms with Crippen molar-refractivity contribution in [2.24, 2.45) is 5.92 Å². The Morgan fingerprint density at radius 1 is 1.28 bits per heavy atom. The van der Waals surface area contributed by atoms with Gasteiger partial charge in [-0.3, -0.25) is 0 Å². The van der Waals surface area contributed by atoms with E-state index in [9.17, 15) is 5.11 Å². The number of hydrogen-bond acceptors (Lipinski definition) is 3. The Morgan fingerprint density at radius 3 is 2.94 bits per heavy atom. The quantitative estimate of drug-likeness (QED) is 0.846. The summed E-state index contributed by atoms with van der Waals surface area (Å²) in [7, 11) is 0. The molecule has 0 saturated heterocycles. The minimum atomic E-state index is 0.290. The Morgan fingerprint density at radius 2 is 2.17 bits per heavy atom. The predicted molar refractivity (Wildman–Crippen MR) is 73.8 cm³/mol. The molecule has 94 valence electrons. The van der Waals surface area contributed by atoms with Crippen molar-refractivity contribution in [3.63, 3.8) is 0 Å². The van der Waals surface area contributed by atoms with Gasteiger partial charge in [0.2, 0.25) is 0 Å². The van der Waals surface area contributed by atoms with Crippen molar-refractivity contribution >= 4 is 16.6 Å². The predicted octanol–water partition coefficient (Wildman–Crippen LogP) is 3.54. The van der Waals surface area contributed by atoms with Gasteiger partial charge in [-0.1, -0.05) is 19.4 Å². The molecule has 1 aliphatic rings. The minimum absolute atomic E-state index is 0.290. The van der Waals surface area contributed by atoms with Gasteiger partial charge in [0.15, 0.2) is 0 Å². The van der Waals surface area contributed by atoms with Crippen molar-refractivity contribution in [1.29, 1.82) is 0 Å². The number of aromatic nitrogens is 1. The van der Waals surface area contributed by atoms with Crippen LogP contribution in [0.3, 0.4) is 0 Å². The third-order valence-corrected chi connectivity index (χ3v) is 3.93. The topological polar surface area (TPSA) is 45.2 Å². The first-order chi connectivity index (χ1) is 8.74. The van der Waals surface area contributed by atoms with E-state index in [1.54, 1.807) is 12.1 Å². The molecule has 2 unspecified atom stereocenters. The van der Waals surface area contributed by atoms with Crippen LogP contribution in [0.2, 0.25) is 0 Å². The smallest absolute Gasteiger partial charge is 0.134 e. The number of hydrogen-bond donors (Lipinski definition) is 2. The fraction of sp³-hybridized carbons (Fsp3) is 0.400. The first-order valence-corrected chi connectivity index (χ1v) is 6.58. The highest BCUT2D eigenvalue weighted by atomic mass is 16.3. The summed E-state index contributed by atoms with van der Waals surface area (Å²) in [5.41, 5.74) is 0. The summed E-state index contributed by atoms with van der Waals surface area (Å²) >= 11 is 0. The molecular formula is C15H18N2O. The number of anilines is 1. The molecule has 1 fully saturated rings. The number of nitrogens with zero attached hydrogens (tertiary/aromatic N) is 1. The molecule has 0 aliphatic heterocycles. The molecule has 1 heterocycles. The second kappa shape index (κ2) is 4.48. The monoisotopic (exact) mass is 242 g/mol. The van der Waals surface area contributed by atoms with E-state index in [0.29, 0.717) is 12.0 Å². The van der Waals surface area contributed by atoms with Crippen molar-refractivity contribution in [1.82, 2.24) is 4.98 Å². The van der Waals surface area contributed by atoms with Crippen LogP contribution in [0.4, 0.5) is 5.82 Å². The number of aromatic hydroxyl groups is 1. The zero-order chi connectivity index (χ0) is 12.5. The molecule has 1 aromatic heterocycles. The highest BCUT2D eigenvalue weighted by molar-refractivity contribution is 5.92. The fourth-order valence-corrected chi connectivity index (χ4v) is 2.81. The Kier molecular flexibility index (Phi) is 2.82. The van der Waals surface area contributed by atoms with E-state index >= 15 is 0 Å². The first kappa shape index (κ1) is 11.3. The van der Waals surface area contributed by atoms with E-state index in [-0.39, 0.29) is 5.75 Å². The lowest BCUT2D eigenvalue weighted by molar-refractivity contribution is 0.476. The number of rotatable bonds is 2. The number of pyridine rings is 1. The Hall–Kier alpha value is -1.77. The van der Waals surface area contributed by atoms with Crippen LogP contribution in [0.1, 0.15) is 26.2 Å². The van der Waals surface area contributed by atoms with Gasteiger partial charge in [-0.05, 0) is 42.3 Å². The van der Waals surface area contributed by atoms with E-state index in [0.717, 1.165) is 16.6 Å². The van der Waals surface area contributed by atoms with Crippen LogP contribution in [0.15, 0.2) is 30.5 Å². The zero-order valence-electron chi connectivity index (χ0n) is 10.6. The standard InChI is InChI=1S/C15H18N2O/c1-10-3-2-4-14(10)17-15-13-9-12(18)6-5-11(13)7-8-16-15/h5-10,14,18H,2-4H2,1H3,(H,16,17). The van der Waals surface area contributed by atoms with Gasteiger partial charge in [0.05, 0.1) is 0 Å². The largest absolute Gasteiger partial charge is 0.508 e. The average molecular weight is 242 g/mol. The molecule has 2 N–H and O–H groups in total. The van der Waals surface area contributed by atoms with Crippen LogP contribution in [0, 0.1) is 5.92 Å². The van der Waals surface area contributed by atoms with Crippen LogP contribution in [0.25, 0.3) is 10.8 Å². The molecule has 3 rings (SSSR count). The lowest BCUT2D eigenvalue weighted by atomic mass is 10.1. The van der Waals surface area contributed by atoms with E-state index < -0.39 is 0 Å². The van der Waals surface area contributed by atoms with Crippen molar-refractivity contribution in [3.8, 4) is 5.75 Å². The Bertz CT molecular complexity index is 567. The number of fused-ring (bicyclic) bond motifs is 1. The minimum Gasteiger partial charge on any atom is -0.508 e. The molecule has 0 bridgehead atoms. The normalized spacial score (nSPS) is 23.4. The van der Waals surface area contributed by atoms with Crippen LogP contribution >= 0.6 is 0 Å². The van der Waals surface area contributed by atoms with Gasteiger partial charge in [0, 0.05) is 17.6 Å². The molecule has 3 nitrogen and oxygen atoms in total. The van der Waals surface area contributed by atoms with Gasteiger partial charge in [-0.25, -0.2) is 4.98 Å². The summed E-state index contributed by atoms with van der Waals surface area (Å²) in [4.78, 5) is 4.42. The Labute approximate surface area is 107 Å². The maximum atomic E-state index is 9.61. The van der Waals surface area contributed by atoms with Crippen LogP contribution in [-0.4, -0.2) is 16.1 Å². The van der Waals surface area contributed by atoms with Crippen molar-refractivity contribution in [2.75, 3.05) is 5.32 Å². The summed E-state index contributed by atoms with van der Waals surface area (Å²) in [5, 5.41) is 15.3. The van der Waals surface area contributed by atoms with E-state index in [4.69, 9.17) is 0 Å². The van der Waals surface area contributed by atoms with Crippen molar-refractivity contribution < 1.29 is 5.11 Å². The lowest BCUT2D eigenvalue weighted by Crippen LogP contribution is -2.22. The highest BCUT2D eigenvalue weighted by Crippen LogP contribution is 2.31. The van der Waals surface area contributed by atoms with Crippen LogP contribution < -0.4 is 5.32 Å². The Balaban J connectivity index is 1.98. The molecule has 0 spiro atoms. The van der Waals surface area contributed by atoms with Crippen LogP contribution in [0.5, 0.6) is 5.75 Å². The van der Waals surface area contributed by atoms with E-state index in [1.165, 1.54) is 19.3 Å². The molecule has 2 aromatic rings. The molecule has 2 atom stereocenters. The second-order valence-corrected chi connectivity index (χ2v) is 5.22. The second-order valence-electron chi connectivity index (χ2n) is 5.22. The number of nitrogens with one attached hydrogen (secondary N) is 1. The summed E-state index contributed by atoms with van der Waals surface area (Å²) in [6.07, 6.45) is 5.60. The van der Waals surface area contributed by atoms with E-state index in [2.05, 4.69) is 17.2 Å². The van der Waals surface area contributed by atoms with Crippen molar-refractivity contribution in [3.05, 3.63) is 30.5 Å². The maximum Gasteiger partial charge on any atom is 0.134 e. The fourth-order valence-electron chi connectivity index (χ4n) is 2.81.